The van der Waals surface area contributed by atoms with E-state index in [-0.39, 0.29) is 18.4 Å². The summed E-state index contributed by atoms with van der Waals surface area (Å²) in [6.07, 6.45) is 0.455. The van der Waals surface area contributed by atoms with Crippen LogP contribution in [0, 0.1) is 0 Å². The number of hydrogen-bond donors (Lipinski definition) is 2. The molecule has 0 spiro atoms. The van der Waals surface area contributed by atoms with Crippen LogP contribution in [0.2, 0.25) is 0 Å². The van der Waals surface area contributed by atoms with Crippen LogP contribution in [0.3, 0.4) is 0 Å². The van der Waals surface area contributed by atoms with Crippen LogP contribution in [0.15, 0.2) is 84.9 Å². The Balaban J connectivity index is 1.48. The van der Waals surface area contributed by atoms with Crippen molar-refractivity contribution in [1.29, 1.82) is 0 Å². The van der Waals surface area contributed by atoms with Crippen LogP contribution in [0.5, 0.6) is 0 Å². The second kappa shape index (κ2) is 8.44. The fraction of sp³-hybridized carbons (Fsp3) is 0.160. The van der Waals surface area contributed by atoms with Gasteiger partial charge in [-0.25, -0.2) is 4.79 Å². The normalized spacial score (nSPS) is 18.0. The van der Waals surface area contributed by atoms with Gasteiger partial charge in [-0.1, -0.05) is 67.6 Å². The molecular formula is C25H23N3O3. The lowest BCUT2D eigenvalue weighted by atomic mass is 9.87. The Kier molecular flexibility index (Phi) is 5.54. The third-order valence-electron chi connectivity index (χ3n) is 5.56. The Morgan fingerprint density at radius 2 is 1.52 bits per heavy atom. The minimum absolute atomic E-state index is 0.139. The first-order valence-corrected chi connectivity index (χ1v) is 10.2. The van der Waals surface area contributed by atoms with E-state index in [1.165, 1.54) is 4.90 Å². The minimum atomic E-state index is -1.05. The number of hydrogen-bond acceptors (Lipinski definition) is 3. The predicted molar refractivity (Wildman–Crippen MR) is 118 cm³/mol. The Bertz CT molecular complexity index is 1100. The Morgan fingerprint density at radius 1 is 0.903 bits per heavy atom. The van der Waals surface area contributed by atoms with Crippen molar-refractivity contribution in [1.82, 2.24) is 10.2 Å². The Labute approximate surface area is 180 Å². The number of anilines is 1. The zero-order valence-corrected chi connectivity index (χ0v) is 17.2. The lowest BCUT2D eigenvalue weighted by Gasteiger charge is -2.25. The summed E-state index contributed by atoms with van der Waals surface area (Å²) in [5, 5.41) is 5.72. The summed E-state index contributed by atoms with van der Waals surface area (Å²) in [5.41, 5.74) is 1.70. The molecule has 1 aliphatic rings. The average molecular weight is 413 g/mol. The molecule has 3 aromatic rings. The molecule has 6 heteroatoms. The number of urea groups is 1. The van der Waals surface area contributed by atoms with Gasteiger partial charge in [0.2, 0.25) is 0 Å². The monoisotopic (exact) mass is 413 g/mol. The molecule has 0 radical (unpaired) electrons. The highest BCUT2D eigenvalue weighted by Gasteiger charge is 2.50. The van der Waals surface area contributed by atoms with Crippen LogP contribution in [0.1, 0.15) is 34.8 Å². The van der Waals surface area contributed by atoms with Crippen molar-refractivity contribution in [2.45, 2.75) is 25.4 Å². The van der Waals surface area contributed by atoms with E-state index >= 15 is 0 Å². The fourth-order valence-corrected chi connectivity index (χ4v) is 3.80. The van der Waals surface area contributed by atoms with Gasteiger partial charge in [0.05, 0.1) is 6.54 Å². The van der Waals surface area contributed by atoms with Gasteiger partial charge in [0.1, 0.15) is 5.54 Å². The van der Waals surface area contributed by atoms with Gasteiger partial charge in [0, 0.05) is 11.3 Å². The second-order valence-electron chi connectivity index (χ2n) is 7.46. The highest BCUT2D eigenvalue weighted by atomic mass is 16.2. The van der Waals surface area contributed by atoms with Crippen LogP contribution in [-0.2, 0) is 16.9 Å². The van der Waals surface area contributed by atoms with Crippen LogP contribution in [0.4, 0.5) is 10.5 Å². The van der Waals surface area contributed by atoms with Gasteiger partial charge in [-0.05, 0) is 41.8 Å². The van der Waals surface area contributed by atoms with Crippen molar-refractivity contribution >= 4 is 23.5 Å². The molecular weight excluding hydrogens is 390 g/mol. The number of nitrogens with one attached hydrogen (secondary N) is 2. The smallest absolute Gasteiger partial charge is 0.322 e. The fourth-order valence-electron chi connectivity index (χ4n) is 3.80. The van der Waals surface area contributed by atoms with Crippen molar-refractivity contribution in [3.8, 4) is 0 Å². The summed E-state index contributed by atoms with van der Waals surface area (Å²) in [7, 11) is 0. The molecule has 1 saturated heterocycles. The number of amides is 4. The molecule has 1 fully saturated rings. The Morgan fingerprint density at radius 3 is 2.13 bits per heavy atom. The van der Waals surface area contributed by atoms with Crippen LogP contribution >= 0.6 is 0 Å². The first-order chi connectivity index (χ1) is 15.0. The molecule has 1 aliphatic heterocycles. The zero-order valence-electron chi connectivity index (χ0n) is 17.2. The van der Waals surface area contributed by atoms with E-state index in [2.05, 4.69) is 10.6 Å². The number of rotatable bonds is 6. The zero-order chi connectivity index (χ0) is 21.8. The van der Waals surface area contributed by atoms with Crippen molar-refractivity contribution in [2.75, 3.05) is 5.32 Å². The lowest BCUT2D eigenvalue weighted by Crippen LogP contribution is -2.43. The van der Waals surface area contributed by atoms with Gasteiger partial charge in [-0.3, -0.25) is 14.5 Å². The molecule has 4 amide bonds. The largest absolute Gasteiger partial charge is 0.325 e. The van der Waals surface area contributed by atoms with E-state index in [0.717, 1.165) is 11.1 Å². The molecule has 1 unspecified atom stereocenters. The molecule has 6 nitrogen and oxygen atoms in total. The number of imide groups is 1. The van der Waals surface area contributed by atoms with Crippen molar-refractivity contribution < 1.29 is 14.4 Å². The summed E-state index contributed by atoms with van der Waals surface area (Å²) in [4.78, 5) is 39.5. The Hall–Kier alpha value is -3.93. The van der Waals surface area contributed by atoms with Gasteiger partial charge in [-0.15, -0.1) is 0 Å². The third kappa shape index (κ3) is 3.92. The van der Waals surface area contributed by atoms with E-state index in [1.54, 1.807) is 24.3 Å². The average Bonchev–Trinajstić information content (AvgIpc) is 3.06. The lowest BCUT2D eigenvalue weighted by molar-refractivity contribution is -0.132. The van der Waals surface area contributed by atoms with Crippen LogP contribution < -0.4 is 10.6 Å². The van der Waals surface area contributed by atoms with Gasteiger partial charge in [0.25, 0.3) is 11.8 Å². The predicted octanol–water partition coefficient (Wildman–Crippen LogP) is 4.30. The maximum atomic E-state index is 13.2. The second-order valence-corrected chi connectivity index (χ2v) is 7.46. The summed E-state index contributed by atoms with van der Waals surface area (Å²) in [6.45, 7) is 2.02. The SMILES string of the molecule is CCC1(c2ccccc2)NC(=O)N(Cc2ccc(C(=O)Nc3ccccc3)cc2)C1=O. The van der Waals surface area contributed by atoms with Gasteiger partial charge >= 0.3 is 6.03 Å². The summed E-state index contributed by atoms with van der Waals surface area (Å²) in [6, 6.07) is 25.0. The van der Waals surface area contributed by atoms with Crippen LogP contribution in [-0.4, -0.2) is 22.7 Å². The standard InChI is InChI=1S/C25H23N3O3/c1-2-25(20-9-5-3-6-10-20)23(30)28(24(31)27-25)17-18-13-15-19(16-14-18)22(29)26-21-11-7-4-8-12-21/h3-16H,2,17H2,1H3,(H,26,29)(H,27,31). The summed E-state index contributed by atoms with van der Waals surface area (Å²) < 4.78 is 0. The molecule has 31 heavy (non-hydrogen) atoms. The number of carbonyl (C=O) groups excluding carboxylic acids is 3. The molecule has 1 heterocycles. The van der Waals surface area contributed by atoms with E-state index in [1.807, 2.05) is 67.6 Å². The number of para-hydroxylation sites is 1. The molecule has 0 aliphatic carbocycles. The molecule has 0 aromatic heterocycles. The molecule has 3 aromatic carbocycles. The van der Waals surface area contributed by atoms with Crippen molar-refractivity contribution in [3.05, 3.63) is 102 Å². The van der Waals surface area contributed by atoms with E-state index < -0.39 is 11.6 Å². The molecule has 2 N–H and O–H groups in total. The van der Waals surface area contributed by atoms with Crippen molar-refractivity contribution in [2.24, 2.45) is 0 Å². The van der Waals surface area contributed by atoms with E-state index in [4.69, 9.17) is 0 Å². The molecule has 1 atom stereocenters. The summed E-state index contributed by atoms with van der Waals surface area (Å²) in [5.74, 6) is -0.487. The highest BCUT2D eigenvalue weighted by Crippen LogP contribution is 2.33. The van der Waals surface area contributed by atoms with Gasteiger partial charge in [-0.2, -0.15) is 0 Å². The first-order valence-electron chi connectivity index (χ1n) is 10.2. The summed E-state index contributed by atoms with van der Waals surface area (Å²) >= 11 is 0. The van der Waals surface area contributed by atoms with Crippen LogP contribution in [0.25, 0.3) is 0 Å². The molecule has 0 saturated carbocycles. The maximum absolute atomic E-state index is 13.2. The molecule has 0 bridgehead atoms. The topological polar surface area (TPSA) is 78.5 Å². The third-order valence-corrected chi connectivity index (χ3v) is 5.56. The molecule has 4 rings (SSSR count). The molecule has 156 valence electrons. The maximum Gasteiger partial charge on any atom is 0.325 e. The first kappa shape index (κ1) is 20.3. The number of carbonyl (C=O) groups is 3. The highest BCUT2D eigenvalue weighted by molar-refractivity contribution is 6.07. The van der Waals surface area contributed by atoms with Gasteiger partial charge < -0.3 is 10.6 Å². The minimum Gasteiger partial charge on any atom is -0.322 e. The van der Waals surface area contributed by atoms with Gasteiger partial charge in [0.15, 0.2) is 0 Å². The van der Waals surface area contributed by atoms with E-state index in [0.29, 0.717) is 17.7 Å². The van der Waals surface area contributed by atoms with Crippen molar-refractivity contribution in [3.63, 3.8) is 0 Å². The van der Waals surface area contributed by atoms with E-state index in [9.17, 15) is 14.4 Å². The number of nitrogens with zero attached hydrogens (tertiary/aromatic N) is 1. The number of benzene rings is 3. The quantitative estimate of drug-likeness (QED) is 0.592.